The van der Waals surface area contributed by atoms with Crippen molar-refractivity contribution in [1.82, 2.24) is 14.8 Å². The lowest BCUT2D eigenvalue weighted by Crippen LogP contribution is -2.40. The van der Waals surface area contributed by atoms with Crippen LogP contribution in [0.25, 0.3) is 0 Å². The predicted octanol–water partition coefficient (Wildman–Crippen LogP) is 2.62. The van der Waals surface area contributed by atoms with Gasteiger partial charge in [0.05, 0.1) is 18.7 Å². The van der Waals surface area contributed by atoms with Crippen molar-refractivity contribution in [3.05, 3.63) is 24.0 Å². The molecule has 1 fully saturated rings. The number of rotatable bonds is 6. The lowest BCUT2D eigenvalue weighted by Gasteiger charge is -2.24. The molecular formula is C18H31N3O3. The zero-order valence-electron chi connectivity index (χ0n) is 15.5. The Morgan fingerprint density at radius 1 is 1.38 bits per heavy atom. The molecule has 1 aliphatic heterocycles. The number of ether oxygens (including phenoxy) is 2. The molecule has 0 bridgehead atoms. The molecule has 0 aromatic carbocycles. The average Bonchev–Trinajstić information content (AvgIpc) is 3.10. The van der Waals surface area contributed by atoms with Crippen molar-refractivity contribution in [3.8, 4) is 0 Å². The molecule has 1 aromatic rings. The minimum atomic E-state index is -0.479. The molecule has 2 atom stereocenters. The third-order valence-corrected chi connectivity index (χ3v) is 4.08. The second-order valence-electron chi connectivity index (χ2n) is 7.40. The van der Waals surface area contributed by atoms with Gasteiger partial charge in [-0.05, 0) is 38.8 Å². The maximum Gasteiger partial charge on any atom is 0.410 e. The van der Waals surface area contributed by atoms with Gasteiger partial charge in [-0.3, -0.25) is 0 Å². The van der Waals surface area contributed by atoms with Gasteiger partial charge in [0.25, 0.3) is 0 Å². The topological polar surface area (TPSA) is 55.7 Å². The molecule has 6 nitrogen and oxygen atoms in total. The summed E-state index contributed by atoms with van der Waals surface area (Å²) in [5.41, 5.74) is 0.766. The highest BCUT2D eigenvalue weighted by Gasteiger charge is 2.37. The smallest absolute Gasteiger partial charge is 0.410 e. The minimum Gasteiger partial charge on any atom is -0.444 e. The fourth-order valence-corrected chi connectivity index (χ4v) is 2.93. The molecule has 0 aliphatic carbocycles. The standard InChI is InChI=1S/C18H31N3O3/c1-6-8-20-9-7-14(11-20)10-19-15-12-21(13-16(15)23-5)17(22)24-18(2,3)4/h7,9,11,15-16,19H,6,8,10,12-13H2,1-5H3/t15?,16-/m0/s1. The fraction of sp³-hybridized carbons (Fsp3) is 0.722. The third-order valence-electron chi connectivity index (χ3n) is 4.08. The van der Waals surface area contributed by atoms with E-state index in [2.05, 4.69) is 35.3 Å². The Labute approximate surface area is 145 Å². The Morgan fingerprint density at radius 2 is 2.12 bits per heavy atom. The normalized spacial score (nSPS) is 21.3. The van der Waals surface area contributed by atoms with Crippen LogP contribution in [0.2, 0.25) is 0 Å². The first-order valence-electron chi connectivity index (χ1n) is 8.71. The van der Waals surface area contributed by atoms with Crippen molar-refractivity contribution in [2.75, 3.05) is 20.2 Å². The Hall–Kier alpha value is -1.53. The van der Waals surface area contributed by atoms with Crippen LogP contribution in [0.1, 0.15) is 39.7 Å². The quantitative estimate of drug-likeness (QED) is 0.867. The molecule has 0 radical (unpaired) electrons. The van der Waals surface area contributed by atoms with Crippen LogP contribution in [-0.2, 0) is 22.6 Å². The summed E-state index contributed by atoms with van der Waals surface area (Å²) in [7, 11) is 1.69. The van der Waals surface area contributed by atoms with Gasteiger partial charge in [-0.1, -0.05) is 6.92 Å². The van der Waals surface area contributed by atoms with Crippen LogP contribution >= 0.6 is 0 Å². The molecule has 1 saturated heterocycles. The lowest BCUT2D eigenvalue weighted by atomic mass is 10.2. The predicted molar refractivity (Wildman–Crippen MR) is 94.0 cm³/mol. The maximum atomic E-state index is 12.2. The zero-order chi connectivity index (χ0) is 17.7. The molecule has 1 amide bonds. The first kappa shape index (κ1) is 18.8. The van der Waals surface area contributed by atoms with Crippen LogP contribution < -0.4 is 5.32 Å². The van der Waals surface area contributed by atoms with Gasteiger partial charge in [-0.25, -0.2) is 4.79 Å². The molecule has 136 valence electrons. The summed E-state index contributed by atoms with van der Waals surface area (Å²) >= 11 is 0. The number of likely N-dealkylation sites (tertiary alicyclic amines) is 1. The molecule has 24 heavy (non-hydrogen) atoms. The van der Waals surface area contributed by atoms with Crippen molar-refractivity contribution in [3.63, 3.8) is 0 Å². The Morgan fingerprint density at radius 3 is 2.75 bits per heavy atom. The molecule has 1 aromatic heterocycles. The molecular weight excluding hydrogens is 306 g/mol. The number of hydrogen-bond donors (Lipinski definition) is 1. The summed E-state index contributed by atoms with van der Waals surface area (Å²) in [5.74, 6) is 0. The Bertz CT molecular complexity index is 536. The van der Waals surface area contributed by atoms with E-state index in [0.29, 0.717) is 13.1 Å². The van der Waals surface area contributed by atoms with Crippen molar-refractivity contribution < 1.29 is 14.3 Å². The van der Waals surface area contributed by atoms with Gasteiger partial charge in [0, 0.05) is 39.1 Å². The third kappa shape index (κ3) is 5.24. The number of nitrogens with zero attached hydrogens (tertiary/aromatic N) is 2. The highest BCUT2D eigenvalue weighted by Crippen LogP contribution is 2.18. The van der Waals surface area contributed by atoms with E-state index in [4.69, 9.17) is 9.47 Å². The average molecular weight is 337 g/mol. The van der Waals surface area contributed by atoms with Crippen molar-refractivity contribution >= 4 is 6.09 Å². The SMILES string of the molecule is CCCn1ccc(CNC2CN(C(=O)OC(C)(C)C)C[C@@H]2OC)c1. The number of methoxy groups -OCH3 is 1. The van der Waals surface area contributed by atoms with E-state index in [9.17, 15) is 4.79 Å². The first-order chi connectivity index (χ1) is 11.3. The second kappa shape index (κ2) is 8.03. The van der Waals surface area contributed by atoms with Crippen LogP contribution in [0.3, 0.4) is 0 Å². The molecule has 1 N–H and O–H groups in total. The molecule has 0 spiro atoms. The van der Waals surface area contributed by atoms with Crippen LogP contribution in [-0.4, -0.2) is 53.5 Å². The van der Waals surface area contributed by atoms with E-state index in [1.54, 1.807) is 12.0 Å². The molecule has 1 unspecified atom stereocenters. The fourth-order valence-electron chi connectivity index (χ4n) is 2.93. The van der Waals surface area contributed by atoms with Gasteiger partial charge < -0.3 is 24.3 Å². The van der Waals surface area contributed by atoms with E-state index in [-0.39, 0.29) is 18.2 Å². The van der Waals surface area contributed by atoms with E-state index in [1.165, 1.54) is 5.56 Å². The van der Waals surface area contributed by atoms with E-state index < -0.39 is 5.60 Å². The number of nitrogens with one attached hydrogen (secondary N) is 1. The lowest BCUT2D eigenvalue weighted by molar-refractivity contribution is 0.0252. The van der Waals surface area contributed by atoms with Gasteiger partial charge in [-0.15, -0.1) is 0 Å². The second-order valence-corrected chi connectivity index (χ2v) is 7.40. The number of hydrogen-bond acceptors (Lipinski definition) is 4. The summed E-state index contributed by atoms with van der Waals surface area (Å²) in [6.07, 6.45) is 5.11. The Kier molecular flexibility index (Phi) is 6.29. The maximum absolute atomic E-state index is 12.2. The van der Waals surface area contributed by atoms with Crippen molar-refractivity contribution in [2.24, 2.45) is 0 Å². The van der Waals surface area contributed by atoms with E-state index >= 15 is 0 Å². The van der Waals surface area contributed by atoms with E-state index in [1.807, 2.05) is 20.8 Å². The van der Waals surface area contributed by atoms with Gasteiger partial charge in [0.1, 0.15) is 5.60 Å². The molecule has 1 aliphatic rings. The van der Waals surface area contributed by atoms with Crippen LogP contribution in [0.4, 0.5) is 4.79 Å². The zero-order valence-corrected chi connectivity index (χ0v) is 15.5. The van der Waals surface area contributed by atoms with Gasteiger partial charge >= 0.3 is 6.09 Å². The minimum absolute atomic E-state index is 0.0183. The first-order valence-corrected chi connectivity index (χ1v) is 8.71. The molecule has 0 saturated carbocycles. The number of amides is 1. The number of aromatic nitrogens is 1. The molecule has 2 rings (SSSR count). The largest absolute Gasteiger partial charge is 0.444 e. The summed E-state index contributed by atoms with van der Waals surface area (Å²) in [6, 6.07) is 2.24. The summed E-state index contributed by atoms with van der Waals surface area (Å²) in [4.78, 5) is 14.0. The van der Waals surface area contributed by atoms with Crippen LogP contribution in [0, 0.1) is 0 Å². The summed E-state index contributed by atoms with van der Waals surface area (Å²) < 4.78 is 13.2. The number of aryl methyl sites for hydroxylation is 1. The number of carbonyl (C=O) groups is 1. The van der Waals surface area contributed by atoms with Crippen molar-refractivity contribution in [2.45, 2.75) is 65.0 Å². The molecule has 6 heteroatoms. The highest BCUT2D eigenvalue weighted by molar-refractivity contribution is 5.68. The van der Waals surface area contributed by atoms with Crippen LogP contribution in [0.5, 0.6) is 0 Å². The summed E-state index contributed by atoms with van der Waals surface area (Å²) in [5, 5.41) is 3.51. The van der Waals surface area contributed by atoms with Gasteiger partial charge in [0.2, 0.25) is 0 Å². The number of carbonyl (C=O) groups excluding carboxylic acids is 1. The summed E-state index contributed by atoms with van der Waals surface area (Å²) in [6.45, 7) is 10.8. The van der Waals surface area contributed by atoms with Gasteiger partial charge in [0.15, 0.2) is 0 Å². The Balaban J connectivity index is 1.88. The highest BCUT2D eigenvalue weighted by atomic mass is 16.6. The van der Waals surface area contributed by atoms with Gasteiger partial charge in [-0.2, -0.15) is 0 Å². The monoisotopic (exact) mass is 337 g/mol. The van der Waals surface area contributed by atoms with Crippen molar-refractivity contribution in [1.29, 1.82) is 0 Å². The van der Waals surface area contributed by atoms with E-state index in [0.717, 1.165) is 19.5 Å². The molecule has 2 heterocycles. The van der Waals surface area contributed by atoms with Crippen LogP contribution in [0.15, 0.2) is 18.5 Å².